The summed E-state index contributed by atoms with van der Waals surface area (Å²) >= 11 is 0. The normalized spacial score (nSPS) is 16.4. The Bertz CT molecular complexity index is 495. The maximum absolute atomic E-state index is 11.0. The van der Waals surface area contributed by atoms with Crippen molar-refractivity contribution in [3.8, 4) is 0 Å². The number of hydrogen-bond acceptors (Lipinski definition) is 4. The second-order valence-corrected chi connectivity index (χ2v) is 5.27. The molecular formula is C19H28O4. The van der Waals surface area contributed by atoms with Gasteiger partial charge in [-0.05, 0) is 20.3 Å². The standard InChI is InChI=1S/C19H28O4/c1-5-9-17(20)18(21)11-8-6-7-10-15(2)14-16(3)12-13-19(22)23-4/h6-8,10-14,17-18,20-21H,5,9H2,1-4H3. The van der Waals surface area contributed by atoms with Crippen LogP contribution in [0.25, 0.3) is 0 Å². The molecule has 0 fully saturated rings. The Kier molecular flexibility index (Phi) is 11.6. The van der Waals surface area contributed by atoms with E-state index in [9.17, 15) is 15.0 Å². The molecule has 0 aromatic rings. The smallest absolute Gasteiger partial charge is 0.330 e. The summed E-state index contributed by atoms with van der Waals surface area (Å²) in [6, 6.07) is 0. The van der Waals surface area contributed by atoms with Crippen LogP contribution < -0.4 is 0 Å². The van der Waals surface area contributed by atoms with Crippen LogP contribution in [-0.4, -0.2) is 35.5 Å². The molecule has 0 aliphatic carbocycles. The summed E-state index contributed by atoms with van der Waals surface area (Å²) in [5.41, 5.74) is 1.96. The average molecular weight is 320 g/mol. The van der Waals surface area contributed by atoms with Crippen molar-refractivity contribution in [2.45, 2.75) is 45.8 Å². The molecule has 0 aliphatic rings. The van der Waals surface area contributed by atoms with E-state index >= 15 is 0 Å². The van der Waals surface area contributed by atoms with Gasteiger partial charge in [0, 0.05) is 6.08 Å². The summed E-state index contributed by atoms with van der Waals surface area (Å²) < 4.78 is 4.52. The van der Waals surface area contributed by atoms with Gasteiger partial charge < -0.3 is 14.9 Å². The largest absolute Gasteiger partial charge is 0.466 e. The Labute approximate surface area is 139 Å². The zero-order valence-corrected chi connectivity index (χ0v) is 14.4. The second kappa shape index (κ2) is 12.6. The minimum Gasteiger partial charge on any atom is -0.466 e. The van der Waals surface area contributed by atoms with Crippen LogP contribution in [0.4, 0.5) is 0 Å². The van der Waals surface area contributed by atoms with Crippen LogP contribution in [0.15, 0.2) is 59.8 Å². The number of esters is 1. The van der Waals surface area contributed by atoms with E-state index in [0.29, 0.717) is 6.42 Å². The number of methoxy groups -OCH3 is 1. The maximum atomic E-state index is 11.0. The van der Waals surface area contributed by atoms with E-state index in [1.807, 2.05) is 39.0 Å². The van der Waals surface area contributed by atoms with Gasteiger partial charge in [-0.15, -0.1) is 0 Å². The van der Waals surface area contributed by atoms with Crippen molar-refractivity contribution in [3.63, 3.8) is 0 Å². The van der Waals surface area contributed by atoms with Crippen LogP contribution in [0.3, 0.4) is 0 Å². The van der Waals surface area contributed by atoms with E-state index in [2.05, 4.69) is 4.74 Å². The SMILES string of the molecule is CCCC(O)C(O)C=CC=CC=C(C)C=C(C)C=CC(=O)OC. The highest BCUT2D eigenvalue weighted by Gasteiger charge is 2.10. The number of hydrogen-bond donors (Lipinski definition) is 2. The summed E-state index contributed by atoms with van der Waals surface area (Å²) in [4.78, 5) is 11.0. The van der Waals surface area contributed by atoms with Gasteiger partial charge in [0.05, 0.1) is 19.3 Å². The molecule has 0 aromatic carbocycles. The Morgan fingerprint density at radius 3 is 2.39 bits per heavy atom. The van der Waals surface area contributed by atoms with Crippen molar-refractivity contribution in [3.05, 3.63) is 59.8 Å². The number of ether oxygens (including phenoxy) is 1. The molecule has 0 bridgehead atoms. The molecule has 0 spiro atoms. The van der Waals surface area contributed by atoms with Gasteiger partial charge in [-0.1, -0.05) is 67.0 Å². The molecule has 0 aliphatic heterocycles. The zero-order chi connectivity index (χ0) is 17.7. The van der Waals surface area contributed by atoms with Gasteiger partial charge in [0.1, 0.15) is 0 Å². The molecule has 0 amide bonds. The molecule has 0 heterocycles. The van der Waals surface area contributed by atoms with Gasteiger partial charge in [0.2, 0.25) is 0 Å². The third-order valence-corrected chi connectivity index (χ3v) is 3.01. The van der Waals surface area contributed by atoms with E-state index in [4.69, 9.17) is 0 Å². The van der Waals surface area contributed by atoms with E-state index in [0.717, 1.165) is 17.6 Å². The lowest BCUT2D eigenvalue weighted by Crippen LogP contribution is -2.23. The van der Waals surface area contributed by atoms with Crippen molar-refractivity contribution in [2.24, 2.45) is 0 Å². The van der Waals surface area contributed by atoms with Gasteiger partial charge in [-0.25, -0.2) is 4.79 Å². The van der Waals surface area contributed by atoms with Crippen molar-refractivity contribution in [2.75, 3.05) is 7.11 Å². The van der Waals surface area contributed by atoms with Crippen LogP contribution in [0.2, 0.25) is 0 Å². The monoisotopic (exact) mass is 320 g/mol. The fraction of sp³-hybridized carbons (Fsp3) is 0.421. The average Bonchev–Trinajstić information content (AvgIpc) is 2.52. The molecule has 2 N–H and O–H groups in total. The van der Waals surface area contributed by atoms with Crippen LogP contribution in [0.5, 0.6) is 0 Å². The lowest BCUT2D eigenvalue weighted by Gasteiger charge is -2.12. The summed E-state index contributed by atoms with van der Waals surface area (Å²) in [5, 5.41) is 19.2. The summed E-state index contributed by atoms with van der Waals surface area (Å²) in [6.45, 7) is 5.80. The highest BCUT2D eigenvalue weighted by molar-refractivity contribution is 5.82. The van der Waals surface area contributed by atoms with Gasteiger partial charge in [-0.2, -0.15) is 0 Å². The third kappa shape index (κ3) is 11.3. The summed E-state index contributed by atoms with van der Waals surface area (Å²) in [6.07, 6.45) is 13.7. The number of aliphatic hydroxyl groups is 2. The van der Waals surface area contributed by atoms with Gasteiger partial charge >= 0.3 is 5.97 Å². The Hall–Kier alpha value is -1.91. The fourth-order valence-corrected chi connectivity index (χ4v) is 1.77. The molecule has 23 heavy (non-hydrogen) atoms. The zero-order valence-electron chi connectivity index (χ0n) is 14.4. The molecule has 2 atom stereocenters. The lowest BCUT2D eigenvalue weighted by atomic mass is 10.1. The molecule has 0 saturated carbocycles. The highest BCUT2D eigenvalue weighted by Crippen LogP contribution is 2.05. The van der Waals surface area contributed by atoms with Crippen molar-refractivity contribution in [1.82, 2.24) is 0 Å². The molecule has 128 valence electrons. The van der Waals surface area contributed by atoms with E-state index in [1.165, 1.54) is 13.2 Å². The molecule has 0 rings (SSSR count). The first-order valence-corrected chi connectivity index (χ1v) is 7.72. The molecule has 4 heteroatoms. The fourth-order valence-electron chi connectivity index (χ4n) is 1.77. The summed E-state index contributed by atoms with van der Waals surface area (Å²) in [5.74, 6) is -0.381. The minimum atomic E-state index is -0.838. The maximum Gasteiger partial charge on any atom is 0.330 e. The predicted molar refractivity (Wildman–Crippen MR) is 93.9 cm³/mol. The number of allylic oxidation sites excluding steroid dienone is 8. The first-order chi connectivity index (χ1) is 10.9. The van der Waals surface area contributed by atoms with Crippen molar-refractivity contribution < 1.29 is 19.7 Å². The Morgan fingerprint density at radius 2 is 1.78 bits per heavy atom. The quantitative estimate of drug-likeness (QED) is 0.389. The first kappa shape index (κ1) is 21.1. The van der Waals surface area contributed by atoms with Crippen LogP contribution in [0, 0.1) is 0 Å². The highest BCUT2D eigenvalue weighted by atomic mass is 16.5. The molecule has 4 nitrogen and oxygen atoms in total. The van der Waals surface area contributed by atoms with Gasteiger partial charge in [-0.3, -0.25) is 0 Å². The second-order valence-electron chi connectivity index (χ2n) is 5.27. The topological polar surface area (TPSA) is 66.8 Å². The minimum absolute atomic E-state index is 0.381. The van der Waals surface area contributed by atoms with Crippen LogP contribution in [0.1, 0.15) is 33.6 Å². The third-order valence-electron chi connectivity index (χ3n) is 3.01. The number of aliphatic hydroxyl groups excluding tert-OH is 2. The van der Waals surface area contributed by atoms with Crippen molar-refractivity contribution in [1.29, 1.82) is 0 Å². The van der Waals surface area contributed by atoms with E-state index in [-0.39, 0.29) is 5.97 Å². The molecule has 0 saturated heterocycles. The molecule has 2 unspecified atom stereocenters. The van der Waals surface area contributed by atoms with Gasteiger partial charge in [0.15, 0.2) is 0 Å². The Morgan fingerprint density at radius 1 is 1.09 bits per heavy atom. The Balaban J connectivity index is 4.48. The lowest BCUT2D eigenvalue weighted by molar-refractivity contribution is -0.134. The molecular weight excluding hydrogens is 292 g/mol. The number of carbonyl (C=O) groups is 1. The van der Waals surface area contributed by atoms with Crippen LogP contribution >= 0.6 is 0 Å². The number of rotatable bonds is 9. The first-order valence-electron chi connectivity index (χ1n) is 7.72. The van der Waals surface area contributed by atoms with Crippen LogP contribution in [-0.2, 0) is 9.53 Å². The van der Waals surface area contributed by atoms with E-state index in [1.54, 1.807) is 24.3 Å². The van der Waals surface area contributed by atoms with Gasteiger partial charge in [0.25, 0.3) is 0 Å². The molecule has 0 aromatic heterocycles. The van der Waals surface area contributed by atoms with Crippen molar-refractivity contribution >= 4 is 5.97 Å². The number of carbonyl (C=O) groups excluding carboxylic acids is 1. The summed E-state index contributed by atoms with van der Waals surface area (Å²) in [7, 11) is 1.34. The van der Waals surface area contributed by atoms with E-state index < -0.39 is 12.2 Å². The molecule has 0 radical (unpaired) electrons. The predicted octanol–water partition coefficient (Wildman–Crippen LogP) is 3.24.